The summed E-state index contributed by atoms with van der Waals surface area (Å²) in [6.45, 7) is 0. The van der Waals surface area contributed by atoms with Crippen LogP contribution in [0.1, 0.15) is 0 Å². The van der Waals surface area contributed by atoms with Gasteiger partial charge in [-0.25, -0.2) is 0 Å². The van der Waals surface area contributed by atoms with Crippen molar-refractivity contribution in [2.45, 2.75) is 11.7 Å². The highest BCUT2D eigenvalue weighted by Gasteiger charge is 2.03. The van der Waals surface area contributed by atoms with Crippen molar-refractivity contribution in [3.05, 3.63) is 0 Å². The molecule has 1 atom stereocenters. The first kappa shape index (κ1) is 6.23. The van der Waals surface area contributed by atoms with E-state index in [4.69, 9.17) is 15.3 Å². The average molecular weight is 110 g/mol. The van der Waals surface area contributed by atoms with E-state index in [0.717, 1.165) is 0 Å². The number of rotatable bonds is 1. The van der Waals surface area contributed by atoms with Crippen molar-refractivity contribution in [3.63, 3.8) is 0 Å². The van der Waals surface area contributed by atoms with Gasteiger partial charge in [0, 0.05) is 0 Å². The van der Waals surface area contributed by atoms with E-state index in [0.29, 0.717) is 0 Å². The molecule has 38 valence electrons. The molecule has 0 aliphatic heterocycles. The molecule has 3 nitrogen and oxygen atoms in total. The zero-order valence-corrected chi connectivity index (χ0v) is 3.84. The second-order valence-electron chi connectivity index (χ2n) is 0.827. The van der Waals surface area contributed by atoms with Crippen LogP contribution in [0.3, 0.4) is 0 Å². The lowest BCUT2D eigenvalue weighted by molar-refractivity contribution is -0.0878. The van der Waals surface area contributed by atoms with E-state index in [9.17, 15) is 0 Å². The van der Waals surface area contributed by atoms with Gasteiger partial charge in [0.15, 0.2) is 6.29 Å². The fraction of sp³-hybridized carbons (Fsp3) is 1.00. The third-order valence-electron chi connectivity index (χ3n) is 0.267. The van der Waals surface area contributed by atoms with Gasteiger partial charge in [0.25, 0.3) is 0 Å². The van der Waals surface area contributed by atoms with E-state index in [-0.39, 0.29) is 0 Å². The summed E-state index contributed by atoms with van der Waals surface area (Å²) in [5.41, 5.74) is -1.34. The predicted molar refractivity (Wildman–Crippen MR) is 23.2 cm³/mol. The molecule has 0 aromatic heterocycles. The maximum atomic E-state index is 7.99. The average Bonchev–Trinajstić information content (AvgIpc) is 1.36. The molecule has 0 saturated carbocycles. The zero-order valence-electron chi connectivity index (χ0n) is 2.94. The number of aliphatic hydroxyl groups is 3. The van der Waals surface area contributed by atoms with Crippen molar-refractivity contribution in [1.29, 1.82) is 0 Å². The van der Waals surface area contributed by atoms with Gasteiger partial charge in [-0.15, -0.1) is 12.6 Å². The van der Waals surface area contributed by atoms with Crippen LogP contribution in [0.25, 0.3) is 0 Å². The molecular weight excluding hydrogens is 104 g/mol. The van der Waals surface area contributed by atoms with Gasteiger partial charge in [0.2, 0.25) is 0 Å². The Morgan fingerprint density at radius 3 is 1.33 bits per heavy atom. The van der Waals surface area contributed by atoms with Gasteiger partial charge in [0.1, 0.15) is 5.44 Å². The SMILES string of the molecule is OC(O)C(O)S. The summed E-state index contributed by atoms with van der Waals surface area (Å²) in [6, 6.07) is 0. The lowest BCUT2D eigenvalue weighted by atomic mass is 10.7. The first-order valence-electron chi connectivity index (χ1n) is 1.37. The summed E-state index contributed by atoms with van der Waals surface area (Å²) >= 11 is 3.25. The fourth-order valence-corrected chi connectivity index (χ4v) is 0. The standard InChI is InChI=1S/C2H6O3S/c3-1(4)2(5)6/h1-6H. The van der Waals surface area contributed by atoms with Crippen LogP contribution in [0.15, 0.2) is 0 Å². The molecule has 0 aliphatic carbocycles. The summed E-state index contributed by atoms with van der Waals surface area (Å²) in [7, 11) is 0. The van der Waals surface area contributed by atoms with E-state index >= 15 is 0 Å². The second kappa shape index (κ2) is 2.41. The molecule has 0 heterocycles. The molecule has 1 unspecified atom stereocenters. The quantitative estimate of drug-likeness (QED) is 0.246. The first-order chi connectivity index (χ1) is 2.64. The molecule has 0 aromatic carbocycles. The highest BCUT2D eigenvalue weighted by atomic mass is 32.1. The Bertz CT molecular complexity index is 29.8. The molecule has 0 rings (SSSR count). The van der Waals surface area contributed by atoms with Crippen molar-refractivity contribution in [3.8, 4) is 0 Å². The minimum atomic E-state index is -1.73. The van der Waals surface area contributed by atoms with Gasteiger partial charge in [0.05, 0.1) is 0 Å². The Hall–Kier alpha value is 0.230. The summed E-state index contributed by atoms with van der Waals surface area (Å²) in [5, 5.41) is 23.7. The van der Waals surface area contributed by atoms with Gasteiger partial charge in [-0.2, -0.15) is 0 Å². The van der Waals surface area contributed by atoms with Crippen LogP contribution in [0, 0.1) is 0 Å². The number of hydrogen-bond donors (Lipinski definition) is 4. The first-order valence-corrected chi connectivity index (χ1v) is 1.88. The lowest BCUT2D eigenvalue weighted by Gasteiger charge is -2.01. The molecule has 4 heteroatoms. The largest absolute Gasteiger partial charge is 0.377 e. The Morgan fingerprint density at radius 1 is 1.17 bits per heavy atom. The van der Waals surface area contributed by atoms with E-state index < -0.39 is 11.7 Å². The fourth-order valence-electron chi connectivity index (χ4n) is 0. The Kier molecular flexibility index (Phi) is 2.50. The predicted octanol–water partition coefficient (Wildman–Crippen LogP) is -1.45. The van der Waals surface area contributed by atoms with Gasteiger partial charge in [-0.1, -0.05) is 0 Å². The van der Waals surface area contributed by atoms with Crippen molar-refractivity contribution >= 4 is 12.6 Å². The zero-order chi connectivity index (χ0) is 5.15. The normalized spacial score (nSPS) is 15.5. The molecule has 0 saturated heterocycles. The Balaban J connectivity index is 2.99. The van der Waals surface area contributed by atoms with Crippen LogP contribution >= 0.6 is 12.6 Å². The van der Waals surface area contributed by atoms with Crippen molar-refractivity contribution < 1.29 is 15.3 Å². The molecule has 0 radical (unpaired) electrons. The third kappa shape index (κ3) is 2.47. The Morgan fingerprint density at radius 2 is 1.33 bits per heavy atom. The summed E-state index contributed by atoms with van der Waals surface area (Å²) in [5.74, 6) is 0. The van der Waals surface area contributed by atoms with Crippen molar-refractivity contribution in [2.75, 3.05) is 0 Å². The highest BCUT2D eigenvalue weighted by molar-refractivity contribution is 7.80. The van der Waals surface area contributed by atoms with Crippen LogP contribution in [0.4, 0.5) is 0 Å². The molecular formula is C2H6O3S. The second-order valence-corrected chi connectivity index (χ2v) is 1.36. The molecule has 0 spiro atoms. The van der Waals surface area contributed by atoms with Crippen LogP contribution in [-0.2, 0) is 0 Å². The van der Waals surface area contributed by atoms with E-state index in [1.807, 2.05) is 0 Å². The van der Waals surface area contributed by atoms with Crippen LogP contribution in [-0.4, -0.2) is 27.0 Å². The van der Waals surface area contributed by atoms with Gasteiger partial charge in [-0.3, -0.25) is 0 Å². The highest BCUT2D eigenvalue weighted by Crippen LogP contribution is 1.90. The third-order valence-corrected chi connectivity index (χ3v) is 0.533. The van der Waals surface area contributed by atoms with E-state index in [1.54, 1.807) is 0 Å². The van der Waals surface area contributed by atoms with Gasteiger partial charge >= 0.3 is 0 Å². The topological polar surface area (TPSA) is 60.7 Å². The Labute approximate surface area is 40.6 Å². The number of aliphatic hydroxyl groups excluding tert-OH is 2. The monoisotopic (exact) mass is 110 g/mol. The molecule has 0 fully saturated rings. The maximum absolute atomic E-state index is 7.99. The summed E-state index contributed by atoms with van der Waals surface area (Å²) in [6.07, 6.45) is -1.73. The van der Waals surface area contributed by atoms with Gasteiger partial charge in [-0.05, 0) is 0 Å². The van der Waals surface area contributed by atoms with Crippen LogP contribution in [0.2, 0.25) is 0 Å². The van der Waals surface area contributed by atoms with Gasteiger partial charge < -0.3 is 15.3 Å². The minimum absolute atomic E-state index is 1.34. The molecule has 6 heavy (non-hydrogen) atoms. The van der Waals surface area contributed by atoms with Crippen LogP contribution < -0.4 is 0 Å². The molecule has 0 aliphatic rings. The number of hydrogen-bond acceptors (Lipinski definition) is 4. The van der Waals surface area contributed by atoms with E-state index in [2.05, 4.69) is 12.6 Å². The molecule has 0 bridgehead atoms. The summed E-state index contributed by atoms with van der Waals surface area (Å²) in [4.78, 5) is 0. The molecule has 0 aromatic rings. The van der Waals surface area contributed by atoms with Crippen molar-refractivity contribution in [1.82, 2.24) is 0 Å². The molecule has 0 amide bonds. The number of thiol groups is 1. The van der Waals surface area contributed by atoms with Crippen LogP contribution in [0.5, 0.6) is 0 Å². The lowest BCUT2D eigenvalue weighted by Crippen LogP contribution is -2.18. The maximum Gasteiger partial charge on any atom is 0.187 e. The minimum Gasteiger partial charge on any atom is -0.377 e. The van der Waals surface area contributed by atoms with Crippen molar-refractivity contribution in [2.24, 2.45) is 0 Å². The smallest absolute Gasteiger partial charge is 0.187 e. The molecule has 3 N–H and O–H groups in total. The summed E-state index contributed by atoms with van der Waals surface area (Å²) < 4.78 is 0. The van der Waals surface area contributed by atoms with E-state index in [1.165, 1.54) is 0 Å².